The van der Waals surface area contributed by atoms with E-state index in [1.165, 1.54) is 34.9 Å². The molecule has 150 valence electrons. The molecular weight excluding hydrogens is 394 g/mol. The minimum Gasteiger partial charge on any atom is -0.353 e. The van der Waals surface area contributed by atoms with Gasteiger partial charge in [-0.2, -0.15) is 4.31 Å². The van der Waals surface area contributed by atoms with Crippen LogP contribution in [0.25, 0.3) is 10.9 Å². The number of nitrogens with zero attached hydrogens (tertiary/aromatic N) is 5. The summed E-state index contributed by atoms with van der Waals surface area (Å²) in [6.07, 6.45) is 1.51. The second-order valence-electron chi connectivity index (χ2n) is 6.78. The summed E-state index contributed by atoms with van der Waals surface area (Å²) in [5, 5.41) is 12.2. The Hall–Kier alpha value is -3.11. The van der Waals surface area contributed by atoms with Crippen LogP contribution < -0.4 is 4.90 Å². The molecule has 29 heavy (non-hydrogen) atoms. The molecule has 0 aliphatic carbocycles. The lowest BCUT2D eigenvalue weighted by molar-refractivity contribution is -0.387. The molecule has 4 rings (SSSR count). The number of anilines is 1. The van der Waals surface area contributed by atoms with Crippen LogP contribution in [0, 0.1) is 17.0 Å². The zero-order valence-electron chi connectivity index (χ0n) is 15.7. The van der Waals surface area contributed by atoms with E-state index < -0.39 is 20.6 Å². The molecule has 0 saturated carbocycles. The first-order valence-electron chi connectivity index (χ1n) is 9.08. The third kappa shape index (κ3) is 3.40. The van der Waals surface area contributed by atoms with Crippen LogP contribution in [0.2, 0.25) is 0 Å². The number of aryl methyl sites for hydroxylation is 1. The van der Waals surface area contributed by atoms with Gasteiger partial charge in [0.2, 0.25) is 10.0 Å². The van der Waals surface area contributed by atoms with E-state index in [1.807, 2.05) is 30.0 Å². The lowest BCUT2D eigenvalue weighted by Crippen LogP contribution is -2.49. The minimum atomic E-state index is -3.96. The maximum Gasteiger partial charge on any atom is 0.289 e. The normalized spacial score (nSPS) is 15.6. The van der Waals surface area contributed by atoms with E-state index in [2.05, 4.69) is 9.97 Å². The molecule has 1 saturated heterocycles. The molecule has 3 aromatic rings. The largest absolute Gasteiger partial charge is 0.353 e. The summed E-state index contributed by atoms with van der Waals surface area (Å²) in [4.78, 5) is 21.1. The second-order valence-corrected chi connectivity index (χ2v) is 8.69. The van der Waals surface area contributed by atoms with Gasteiger partial charge in [-0.15, -0.1) is 0 Å². The number of aromatic nitrogens is 2. The predicted octanol–water partition coefficient (Wildman–Crippen LogP) is 2.36. The van der Waals surface area contributed by atoms with Crippen molar-refractivity contribution in [1.29, 1.82) is 0 Å². The predicted molar refractivity (Wildman–Crippen MR) is 108 cm³/mol. The van der Waals surface area contributed by atoms with Gasteiger partial charge in [0.05, 0.1) is 10.4 Å². The van der Waals surface area contributed by atoms with Gasteiger partial charge in [-0.25, -0.2) is 18.4 Å². The third-order valence-corrected chi connectivity index (χ3v) is 7.02. The van der Waals surface area contributed by atoms with Crippen molar-refractivity contribution in [2.45, 2.75) is 11.8 Å². The Morgan fingerprint density at radius 1 is 1.00 bits per heavy atom. The molecule has 0 bridgehead atoms. The SMILES string of the molecule is Cc1cccc2ncnc(N3CCN(S(=O)(=O)c4ccccc4[N+](=O)[O-])CC3)c12. The maximum absolute atomic E-state index is 13.0. The highest BCUT2D eigenvalue weighted by Crippen LogP contribution is 2.30. The Labute approximate surface area is 167 Å². The van der Waals surface area contributed by atoms with E-state index in [0.29, 0.717) is 13.1 Å². The standard InChI is InChI=1S/C19H19N5O4S/c1-14-5-4-6-15-18(14)19(21-13-20-15)22-9-11-23(12-10-22)29(27,28)17-8-3-2-7-16(17)24(25)26/h2-8,13H,9-12H2,1H3. The third-order valence-electron chi connectivity index (χ3n) is 5.07. The van der Waals surface area contributed by atoms with Crippen molar-refractivity contribution in [3.8, 4) is 0 Å². The number of hydrogen-bond donors (Lipinski definition) is 0. The van der Waals surface area contributed by atoms with Crippen molar-refractivity contribution in [2.75, 3.05) is 31.1 Å². The molecule has 9 nitrogen and oxygen atoms in total. The first kappa shape index (κ1) is 19.2. The molecule has 1 fully saturated rings. The Morgan fingerprint density at radius 3 is 2.45 bits per heavy atom. The lowest BCUT2D eigenvalue weighted by Gasteiger charge is -2.35. The van der Waals surface area contributed by atoms with Gasteiger partial charge in [0.15, 0.2) is 4.90 Å². The summed E-state index contributed by atoms with van der Waals surface area (Å²) >= 11 is 0. The summed E-state index contributed by atoms with van der Waals surface area (Å²) in [5.74, 6) is 0.774. The van der Waals surface area contributed by atoms with Gasteiger partial charge in [0.25, 0.3) is 5.69 Å². The van der Waals surface area contributed by atoms with Crippen LogP contribution in [0.15, 0.2) is 53.7 Å². The lowest BCUT2D eigenvalue weighted by atomic mass is 10.1. The number of hydrogen-bond acceptors (Lipinski definition) is 7. The van der Waals surface area contributed by atoms with Crippen LogP contribution in [0.5, 0.6) is 0 Å². The fourth-order valence-electron chi connectivity index (χ4n) is 3.61. The van der Waals surface area contributed by atoms with Gasteiger partial charge in [0.1, 0.15) is 12.1 Å². The van der Waals surface area contributed by atoms with E-state index in [4.69, 9.17) is 0 Å². The van der Waals surface area contributed by atoms with E-state index in [1.54, 1.807) is 0 Å². The van der Waals surface area contributed by atoms with E-state index in [0.717, 1.165) is 22.3 Å². The number of rotatable bonds is 4. The Balaban J connectivity index is 1.60. The molecule has 2 heterocycles. The van der Waals surface area contributed by atoms with Crippen molar-refractivity contribution >= 4 is 32.4 Å². The van der Waals surface area contributed by atoms with Crippen LogP contribution in [-0.4, -0.2) is 53.8 Å². The summed E-state index contributed by atoms with van der Waals surface area (Å²) in [6, 6.07) is 11.3. The van der Waals surface area contributed by atoms with Crippen molar-refractivity contribution in [3.63, 3.8) is 0 Å². The Kier molecular flexibility index (Phi) is 4.89. The summed E-state index contributed by atoms with van der Waals surface area (Å²) < 4.78 is 27.3. The average Bonchev–Trinajstić information content (AvgIpc) is 2.73. The molecule has 0 spiro atoms. The molecule has 10 heteroatoms. The molecule has 0 amide bonds. The van der Waals surface area contributed by atoms with Crippen LogP contribution in [-0.2, 0) is 10.0 Å². The molecule has 1 aliphatic rings. The first-order valence-corrected chi connectivity index (χ1v) is 10.5. The van der Waals surface area contributed by atoms with E-state index in [-0.39, 0.29) is 18.0 Å². The molecule has 2 aromatic carbocycles. The number of piperazine rings is 1. The number of para-hydroxylation sites is 1. The highest BCUT2D eigenvalue weighted by Gasteiger charge is 2.34. The van der Waals surface area contributed by atoms with Crippen LogP contribution >= 0.6 is 0 Å². The highest BCUT2D eigenvalue weighted by molar-refractivity contribution is 7.89. The molecule has 0 atom stereocenters. The molecule has 0 unspecified atom stereocenters. The number of nitro groups is 1. The fraction of sp³-hybridized carbons (Fsp3) is 0.263. The van der Waals surface area contributed by atoms with E-state index in [9.17, 15) is 18.5 Å². The zero-order chi connectivity index (χ0) is 20.6. The van der Waals surface area contributed by atoms with Crippen LogP contribution in [0.4, 0.5) is 11.5 Å². The number of fused-ring (bicyclic) bond motifs is 1. The average molecular weight is 413 g/mol. The summed E-state index contributed by atoms with van der Waals surface area (Å²) in [6.45, 7) is 3.28. The van der Waals surface area contributed by atoms with E-state index >= 15 is 0 Å². The van der Waals surface area contributed by atoms with Gasteiger partial charge in [0, 0.05) is 37.6 Å². The quantitative estimate of drug-likeness (QED) is 0.477. The number of benzene rings is 2. The maximum atomic E-state index is 13.0. The smallest absolute Gasteiger partial charge is 0.289 e. The van der Waals surface area contributed by atoms with Gasteiger partial charge in [-0.1, -0.05) is 24.3 Å². The minimum absolute atomic E-state index is 0.214. The molecule has 0 N–H and O–H groups in total. The van der Waals surface area contributed by atoms with Crippen LogP contribution in [0.1, 0.15) is 5.56 Å². The number of sulfonamides is 1. The zero-order valence-corrected chi connectivity index (χ0v) is 16.5. The molecule has 1 aliphatic heterocycles. The fourth-order valence-corrected chi connectivity index (χ4v) is 5.19. The van der Waals surface area contributed by atoms with Crippen molar-refractivity contribution in [3.05, 3.63) is 64.5 Å². The van der Waals surface area contributed by atoms with Gasteiger partial charge < -0.3 is 4.90 Å². The topological polar surface area (TPSA) is 110 Å². The molecule has 0 radical (unpaired) electrons. The second kappa shape index (κ2) is 7.37. The Morgan fingerprint density at radius 2 is 1.72 bits per heavy atom. The first-order chi connectivity index (χ1) is 13.9. The monoisotopic (exact) mass is 413 g/mol. The van der Waals surface area contributed by atoms with Gasteiger partial charge in [-0.05, 0) is 24.6 Å². The summed E-state index contributed by atoms with van der Waals surface area (Å²) in [7, 11) is -3.96. The molecular formula is C19H19N5O4S. The summed E-state index contributed by atoms with van der Waals surface area (Å²) in [5.41, 5.74) is 1.48. The number of nitro benzene ring substituents is 1. The molecule has 1 aromatic heterocycles. The van der Waals surface area contributed by atoms with Crippen molar-refractivity contribution < 1.29 is 13.3 Å². The Bertz CT molecular complexity index is 1180. The van der Waals surface area contributed by atoms with Crippen molar-refractivity contribution in [1.82, 2.24) is 14.3 Å². The van der Waals surface area contributed by atoms with Gasteiger partial charge >= 0.3 is 0 Å². The van der Waals surface area contributed by atoms with Crippen molar-refractivity contribution in [2.24, 2.45) is 0 Å². The van der Waals surface area contributed by atoms with Crippen LogP contribution in [0.3, 0.4) is 0 Å². The van der Waals surface area contributed by atoms with Gasteiger partial charge in [-0.3, -0.25) is 10.1 Å². The highest BCUT2D eigenvalue weighted by atomic mass is 32.2.